The molecule has 0 bridgehead atoms. The second-order valence-electron chi connectivity index (χ2n) is 6.59. The van der Waals surface area contributed by atoms with Gasteiger partial charge in [0.1, 0.15) is 0 Å². The molecule has 2 aromatic heterocycles. The molecular formula is C15H20N4O2. The minimum absolute atomic E-state index is 0.0997. The highest BCUT2D eigenvalue weighted by Crippen LogP contribution is 2.28. The Hall–Kier alpha value is -1.95. The maximum Gasteiger partial charge on any atom is 0.257 e. The summed E-state index contributed by atoms with van der Waals surface area (Å²) in [6.45, 7) is 8.80. The lowest BCUT2D eigenvalue weighted by Gasteiger charge is -2.27. The molecule has 0 saturated carbocycles. The van der Waals surface area contributed by atoms with Crippen LogP contribution in [0.4, 0.5) is 0 Å². The first-order chi connectivity index (χ1) is 9.95. The third kappa shape index (κ3) is 2.76. The molecule has 0 aliphatic carbocycles. The van der Waals surface area contributed by atoms with Gasteiger partial charge >= 0.3 is 0 Å². The molecule has 0 atom stereocenters. The van der Waals surface area contributed by atoms with Crippen molar-refractivity contribution >= 4 is 17.0 Å². The maximum atomic E-state index is 12.2. The zero-order valence-corrected chi connectivity index (χ0v) is 12.6. The number of hydrogen-bond acceptors (Lipinski definition) is 5. The molecule has 1 fully saturated rings. The Balaban J connectivity index is 1.83. The molecule has 6 heteroatoms. The fourth-order valence-corrected chi connectivity index (χ4v) is 2.33. The van der Waals surface area contributed by atoms with Crippen LogP contribution in [0.25, 0.3) is 11.1 Å². The van der Waals surface area contributed by atoms with Gasteiger partial charge in [-0.15, -0.1) is 0 Å². The van der Waals surface area contributed by atoms with Crippen LogP contribution in [0.3, 0.4) is 0 Å². The Labute approximate surface area is 123 Å². The zero-order chi connectivity index (χ0) is 15.0. The Morgan fingerprint density at radius 2 is 2.24 bits per heavy atom. The molecule has 2 aromatic rings. The summed E-state index contributed by atoms with van der Waals surface area (Å²) in [7, 11) is 0. The number of amides is 1. The van der Waals surface area contributed by atoms with Crippen LogP contribution in [0.1, 0.15) is 36.8 Å². The van der Waals surface area contributed by atoms with Gasteiger partial charge in [-0.3, -0.25) is 4.79 Å². The quantitative estimate of drug-likeness (QED) is 0.894. The Morgan fingerprint density at radius 3 is 2.86 bits per heavy atom. The van der Waals surface area contributed by atoms with Gasteiger partial charge in [-0.2, -0.15) is 0 Å². The van der Waals surface area contributed by atoms with Crippen molar-refractivity contribution in [1.82, 2.24) is 20.8 Å². The molecule has 0 spiro atoms. The van der Waals surface area contributed by atoms with E-state index < -0.39 is 0 Å². The van der Waals surface area contributed by atoms with Crippen molar-refractivity contribution in [2.45, 2.75) is 26.2 Å². The lowest BCUT2D eigenvalue weighted by Crippen LogP contribution is -2.48. The van der Waals surface area contributed by atoms with Crippen molar-refractivity contribution in [2.24, 2.45) is 5.92 Å². The fraction of sp³-hybridized carbons (Fsp3) is 0.533. The third-order valence-electron chi connectivity index (χ3n) is 3.72. The molecule has 6 nitrogen and oxygen atoms in total. The second kappa shape index (κ2) is 5.11. The van der Waals surface area contributed by atoms with E-state index in [2.05, 4.69) is 41.5 Å². The molecule has 0 unspecified atom stereocenters. The number of nitrogens with one attached hydrogen (secondary N) is 2. The van der Waals surface area contributed by atoms with Gasteiger partial charge in [0.2, 0.25) is 0 Å². The summed E-state index contributed by atoms with van der Waals surface area (Å²) < 4.78 is 5.23. The van der Waals surface area contributed by atoms with E-state index in [0.717, 1.165) is 24.2 Å². The van der Waals surface area contributed by atoms with Gasteiger partial charge < -0.3 is 15.2 Å². The highest BCUT2D eigenvalue weighted by molar-refractivity contribution is 5.97. The molecule has 1 aliphatic rings. The average molecular weight is 288 g/mol. The SMILES string of the molecule is CC(C)(C)c1noc2ncc(C(=O)NCC3CNC3)cc12. The van der Waals surface area contributed by atoms with Gasteiger partial charge in [-0.1, -0.05) is 25.9 Å². The minimum atomic E-state index is -0.153. The Kier molecular flexibility index (Phi) is 3.41. The number of aromatic nitrogens is 2. The van der Waals surface area contributed by atoms with Crippen molar-refractivity contribution < 1.29 is 9.32 Å². The number of carbonyl (C=O) groups excluding carboxylic acids is 1. The normalized spacial score (nSPS) is 16.0. The molecule has 3 heterocycles. The molecule has 0 aromatic carbocycles. The Morgan fingerprint density at radius 1 is 1.48 bits per heavy atom. The van der Waals surface area contributed by atoms with Crippen LogP contribution in [0.15, 0.2) is 16.8 Å². The molecule has 21 heavy (non-hydrogen) atoms. The van der Waals surface area contributed by atoms with Crippen LogP contribution in [-0.4, -0.2) is 35.7 Å². The summed E-state index contributed by atoms with van der Waals surface area (Å²) in [6.07, 6.45) is 1.54. The standard InChI is InChI=1S/C15H20N4O2/c1-15(2,3)12-11-4-10(8-18-14(11)21-19-12)13(20)17-7-9-5-16-6-9/h4,8-9,16H,5-7H2,1-3H3,(H,17,20). The lowest BCUT2D eigenvalue weighted by molar-refractivity contribution is 0.0942. The summed E-state index contributed by atoms with van der Waals surface area (Å²) in [5.41, 5.74) is 1.69. The highest BCUT2D eigenvalue weighted by Gasteiger charge is 2.24. The molecule has 1 amide bonds. The van der Waals surface area contributed by atoms with E-state index in [-0.39, 0.29) is 11.3 Å². The molecule has 0 radical (unpaired) electrons. The predicted molar refractivity (Wildman–Crippen MR) is 79.2 cm³/mol. The smallest absolute Gasteiger partial charge is 0.257 e. The van der Waals surface area contributed by atoms with Crippen molar-refractivity contribution in [3.8, 4) is 0 Å². The molecular weight excluding hydrogens is 268 g/mol. The second-order valence-corrected chi connectivity index (χ2v) is 6.59. The van der Waals surface area contributed by atoms with Crippen LogP contribution in [-0.2, 0) is 5.41 Å². The van der Waals surface area contributed by atoms with E-state index in [4.69, 9.17) is 4.52 Å². The number of hydrogen-bond donors (Lipinski definition) is 2. The number of nitrogens with zero attached hydrogens (tertiary/aromatic N) is 2. The summed E-state index contributed by atoms with van der Waals surface area (Å²) in [6, 6.07) is 1.81. The van der Waals surface area contributed by atoms with Gasteiger partial charge in [0.05, 0.1) is 16.6 Å². The van der Waals surface area contributed by atoms with Gasteiger partial charge in [-0.05, 0) is 6.07 Å². The summed E-state index contributed by atoms with van der Waals surface area (Å²) in [5, 5.41) is 11.0. The minimum Gasteiger partial charge on any atom is -0.352 e. The fourth-order valence-electron chi connectivity index (χ4n) is 2.33. The summed E-state index contributed by atoms with van der Waals surface area (Å²) >= 11 is 0. The monoisotopic (exact) mass is 288 g/mol. The van der Waals surface area contributed by atoms with Crippen molar-refractivity contribution in [3.05, 3.63) is 23.5 Å². The first-order valence-electron chi connectivity index (χ1n) is 7.20. The van der Waals surface area contributed by atoms with Gasteiger partial charge in [0, 0.05) is 37.2 Å². The predicted octanol–water partition coefficient (Wildman–Crippen LogP) is 1.47. The van der Waals surface area contributed by atoms with Gasteiger partial charge in [0.25, 0.3) is 11.6 Å². The number of rotatable bonds is 3. The van der Waals surface area contributed by atoms with Gasteiger partial charge in [-0.25, -0.2) is 4.98 Å². The molecule has 3 rings (SSSR count). The third-order valence-corrected chi connectivity index (χ3v) is 3.72. The topological polar surface area (TPSA) is 80.0 Å². The number of pyridine rings is 1. The Bertz CT molecular complexity index is 668. The van der Waals surface area contributed by atoms with E-state index in [0.29, 0.717) is 23.7 Å². The van der Waals surface area contributed by atoms with E-state index in [1.54, 1.807) is 0 Å². The average Bonchev–Trinajstić information content (AvgIpc) is 2.79. The van der Waals surface area contributed by atoms with Crippen LogP contribution < -0.4 is 10.6 Å². The van der Waals surface area contributed by atoms with Gasteiger partial charge in [0.15, 0.2) is 0 Å². The molecule has 112 valence electrons. The maximum absolute atomic E-state index is 12.2. The zero-order valence-electron chi connectivity index (χ0n) is 12.6. The molecule has 2 N–H and O–H groups in total. The van der Waals surface area contributed by atoms with E-state index in [1.165, 1.54) is 6.20 Å². The summed E-state index contributed by atoms with van der Waals surface area (Å²) in [5.74, 6) is 0.434. The molecule has 1 saturated heterocycles. The number of carbonyl (C=O) groups is 1. The van der Waals surface area contributed by atoms with Crippen molar-refractivity contribution in [1.29, 1.82) is 0 Å². The van der Waals surface area contributed by atoms with Crippen LogP contribution in [0.2, 0.25) is 0 Å². The lowest BCUT2D eigenvalue weighted by atomic mass is 9.90. The van der Waals surface area contributed by atoms with Crippen molar-refractivity contribution in [2.75, 3.05) is 19.6 Å². The largest absolute Gasteiger partial charge is 0.352 e. The van der Waals surface area contributed by atoms with Crippen LogP contribution >= 0.6 is 0 Å². The van der Waals surface area contributed by atoms with Crippen LogP contribution in [0, 0.1) is 5.92 Å². The summed E-state index contributed by atoms with van der Waals surface area (Å²) in [4.78, 5) is 16.4. The molecule has 1 aliphatic heterocycles. The van der Waals surface area contributed by atoms with E-state index in [1.807, 2.05) is 6.07 Å². The first kappa shape index (κ1) is 14.0. The highest BCUT2D eigenvalue weighted by atomic mass is 16.5. The number of fused-ring (bicyclic) bond motifs is 1. The van der Waals surface area contributed by atoms with E-state index >= 15 is 0 Å². The van der Waals surface area contributed by atoms with Crippen molar-refractivity contribution in [3.63, 3.8) is 0 Å². The van der Waals surface area contributed by atoms with E-state index in [9.17, 15) is 4.79 Å². The van der Waals surface area contributed by atoms with Crippen LogP contribution in [0.5, 0.6) is 0 Å². The first-order valence-corrected chi connectivity index (χ1v) is 7.20.